The van der Waals surface area contributed by atoms with Crippen molar-refractivity contribution in [3.63, 3.8) is 0 Å². The largest absolute Gasteiger partial charge is 0.325 e. The molecule has 1 aliphatic carbocycles. The molecule has 1 heterocycles. The van der Waals surface area contributed by atoms with E-state index in [2.05, 4.69) is 21.7 Å². The van der Waals surface area contributed by atoms with Crippen LogP contribution < -0.4 is 0 Å². The molecule has 1 saturated carbocycles. The molecule has 4 heteroatoms. The lowest BCUT2D eigenvalue weighted by Crippen LogP contribution is -2.09. The van der Waals surface area contributed by atoms with Crippen molar-refractivity contribution in [2.24, 2.45) is 0 Å². The molecule has 1 aliphatic rings. The van der Waals surface area contributed by atoms with Gasteiger partial charge in [-0.15, -0.1) is 11.6 Å². The van der Waals surface area contributed by atoms with Crippen LogP contribution in [-0.4, -0.2) is 15.4 Å². The zero-order valence-corrected chi connectivity index (χ0v) is 11.5. The van der Waals surface area contributed by atoms with Gasteiger partial charge in [0.25, 0.3) is 0 Å². The van der Waals surface area contributed by atoms with E-state index in [4.69, 9.17) is 11.6 Å². The van der Waals surface area contributed by atoms with Crippen LogP contribution in [-0.2, 0) is 6.42 Å². The maximum absolute atomic E-state index is 9.21. The molecular weight excluding hydrogens is 258 g/mol. The van der Waals surface area contributed by atoms with E-state index >= 15 is 0 Å². The molecule has 0 unspecified atom stereocenters. The maximum Gasteiger partial charge on any atom is 0.111 e. The fourth-order valence-corrected chi connectivity index (χ4v) is 3.26. The smallest absolute Gasteiger partial charge is 0.111 e. The van der Waals surface area contributed by atoms with Gasteiger partial charge in [-0.05, 0) is 25.0 Å². The van der Waals surface area contributed by atoms with Crippen molar-refractivity contribution in [1.29, 1.82) is 5.26 Å². The Morgan fingerprint density at radius 1 is 1.37 bits per heavy atom. The quantitative estimate of drug-likeness (QED) is 0.798. The summed E-state index contributed by atoms with van der Waals surface area (Å²) in [5.74, 6) is 1.59. The van der Waals surface area contributed by atoms with Gasteiger partial charge in [-0.1, -0.05) is 18.9 Å². The number of benzene rings is 1. The number of imidazole rings is 1. The van der Waals surface area contributed by atoms with Crippen molar-refractivity contribution in [3.05, 3.63) is 29.6 Å². The highest BCUT2D eigenvalue weighted by molar-refractivity contribution is 6.17. The molecular formula is C15H16ClN3. The predicted octanol–water partition coefficient (Wildman–Crippen LogP) is 3.80. The van der Waals surface area contributed by atoms with Crippen LogP contribution in [0.4, 0.5) is 0 Å². The first-order chi connectivity index (χ1) is 9.35. The molecule has 3 rings (SSSR count). The Balaban J connectivity index is 2.21. The van der Waals surface area contributed by atoms with E-state index < -0.39 is 0 Å². The normalized spacial score (nSPS) is 16.0. The number of nitriles is 1. The number of fused-ring (bicyclic) bond motifs is 1. The number of aromatic nitrogens is 2. The van der Waals surface area contributed by atoms with Gasteiger partial charge < -0.3 is 4.57 Å². The number of hydrogen-bond acceptors (Lipinski definition) is 2. The second-order valence-electron chi connectivity index (χ2n) is 5.06. The Kier molecular flexibility index (Phi) is 3.44. The summed E-state index contributed by atoms with van der Waals surface area (Å²) < 4.78 is 2.32. The molecule has 1 aromatic carbocycles. The summed E-state index contributed by atoms with van der Waals surface area (Å²) in [7, 11) is 0. The topological polar surface area (TPSA) is 41.6 Å². The van der Waals surface area contributed by atoms with Gasteiger partial charge >= 0.3 is 0 Å². The number of halogens is 1. The highest BCUT2D eigenvalue weighted by atomic mass is 35.5. The van der Waals surface area contributed by atoms with Crippen molar-refractivity contribution in [2.45, 2.75) is 38.1 Å². The molecule has 3 nitrogen and oxygen atoms in total. The highest BCUT2D eigenvalue weighted by Gasteiger charge is 2.23. The van der Waals surface area contributed by atoms with E-state index in [1.165, 1.54) is 25.7 Å². The number of aryl methyl sites for hydroxylation is 1. The van der Waals surface area contributed by atoms with Gasteiger partial charge in [-0.3, -0.25) is 0 Å². The van der Waals surface area contributed by atoms with Gasteiger partial charge in [0.1, 0.15) is 17.4 Å². The third-order valence-electron chi connectivity index (χ3n) is 3.92. The summed E-state index contributed by atoms with van der Waals surface area (Å²) in [6, 6.07) is 8.60. The highest BCUT2D eigenvalue weighted by Crippen LogP contribution is 2.34. The Morgan fingerprint density at radius 3 is 2.84 bits per heavy atom. The SMILES string of the molecule is N#Cc1cccc2c1nc(CCCl)n2C1CCCC1. The average molecular weight is 274 g/mol. The zero-order valence-electron chi connectivity index (χ0n) is 10.8. The van der Waals surface area contributed by atoms with Gasteiger partial charge in [0.2, 0.25) is 0 Å². The van der Waals surface area contributed by atoms with Gasteiger partial charge in [-0.25, -0.2) is 4.98 Å². The van der Waals surface area contributed by atoms with Crippen LogP contribution in [0.1, 0.15) is 43.1 Å². The molecule has 0 bridgehead atoms. The molecule has 0 N–H and O–H groups in total. The van der Waals surface area contributed by atoms with Crippen molar-refractivity contribution in [3.8, 4) is 6.07 Å². The third kappa shape index (κ3) is 2.11. The van der Waals surface area contributed by atoms with Crippen molar-refractivity contribution in [2.75, 3.05) is 5.88 Å². The Bertz CT molecular complexity index is 633. The predicted molar refractivity (Wildman–Crippen MR) is 76.4 cm³/mol. The Labute approximate surface area is 117 Å². The van der Waals surface area contributed by atoms with Gasteiger partial charge in [0.05, 0.1) is 11.1 Å². The van der Waals surface area contributed by atoms with Gasteiger partial charge in [-0.2, -0.15) is 5.26 Å². The monoisotopic (exact) mass is 273 g/mol. The van der Waals surface area contributed by atoms with Gasteiger partial charge in [0.15, 0.2) is 0 Å². The summed E-state index contributed by atoms with van der Waals surface area (Å²) in [4.78, 5) is 4.67. The number of alkyl halides is 1. The molecule has 0 spiro atoms. The van der Waals surface area contributed by atoms with E-state index in [0.29, 0.717) is 17.5 Å². The molecule has 0 atom stereocenters. The van der Waals surface area contributed by atoms with E-state index in [1.54, 1.807) is 0 Å². The second-order valence-corrected chi connectivity index (χ2v) is 5.44. The van der Waals surface area contributed by atoms with Gasteiger partial charge in [0, 0.05) is 18.3 Å². The van der Waals surface area contributed by atoms with Crippen LogP contribution in [0, 0.1) is 11.3 Å². The van der Waals surface area contributed by atoms with Crippen LogP contribution in [0.2, 0.25) is 0 Å². The van der Waals surface area contributed by atoms with E-state index in [9.17, 15) is 5.26 Å². The molecule has 0 aliphatic heterocycles. The lowest BCUT2D eigenvalue weighted by atomic mass is 10.2. The molecule has 1 aromatic heterocycles. The fraction of sp³-hybridized carbons (Fsp3) is 0.467. The lowest BCUT2D eigenvalue weighted by molar-refractivity contribution is 0.513. The van der Waals surface area contributed by atoms with E-state index in [0.717, 1.165) is 23.3 Å². The Hall–Kier alpha value is -1.53. The lowest BCUT2D eigenvalue weighted by Gasteiger charge is -2.15. The molecule has 2 aromatic rings. The molecule has 98 valence electrons. The summed E-state index contributed by atoms with van der Waals surface area (Å²) in [6.07, 6.45) is 5.73. The zero-order chi connectivity index (χ0) is 13.2. The van der Waals surface area contributed by atoms with E-state index in [-0.39, 0.29) is 0 Å². The maximum atomic E-state index is 9.21. The van der Waals surface area contributed by atoms with Crippen molar-refractivity contribution < 1.29 is 0 Å². The number of nitrogens with zero attached hydrogens (tertiary/aromatic N) is 3. The van der Waals surface area contributed by atoms with Crippen molar-refractivity contribution >= 4 is 22.6 Å². The number of rotatable bonds is 3. The van der Waals surface area contributed by atoms with Crippen molar-refractivity contribution in [1.82, 2.24) is 9.55 Å². The molecule has 1 fully saturated rings. The fourth-order valence-electron chi connectivity index (χ4n) is 3.09. The first-order valence-electron chi connectivity index (χ1n) is 6.81. The average Bonchev–Trinajstić information content (AvgIpc) is 3.04. The number of hydrogen-bond donors (Lipinski definition) is 0. The summed E-state index contributed by atoms with van der Waals surface area (Å²) in [5, 5.41) is 9.21. The van der Waals surface area contributed by atoms with Crippen LogP contribution in [0.15, 0.2) is 18.2 Å². The molecule has 19 heavy (non-hydrogen) atoms. The molecule has 0 saturated heterocycles. The minimum absolute atomic E-state index is 0.525. The molecule has 0 radical (unpaired) electrons. The summed E-state index contributed by atoms with van der Waals surface area (Å²) in [5.41, 5.74) is 2.58. The molecule has 0 amide bonds. The minimum Gasteiger partial charge on any atom is -0.325 e. The van der Waals surface area contributed by atoms with Crippen LogP contribution >= 0.6 is 11.6 Å². The first-order valence-corrected chi connectivity index (χ1v) is 7.34. The Morgan fingerprint density at radius 2 is 2.16 bits per heavy atom. The van der Waals surface area contributed by atoms with Crippen LogP contribution in [0.5, 0.6) is 0 Å². The summed E-state index contributed by atoms with van der Waals surface area (Å²) >= 11 is 5.90. The first kappa shape index (κ1) is 12.5. The standard InChI is InChI=1S/C15H16ClN3/c16-9-8-14-18-15-11(10-17)4-3-7-13(15)19(14)12-5-1-2-6-12/h3-4,7,12H,1-2,5-6,8-9H2. The second kappa shape index (κ2) is 5.22. The summed E-state index contributed by atoms with van der Waals surface area (Å²) in [6.45, 7) is 0. The minimum atomic E-state index is 0.525. The van der Waals surface area contributed by atoms with Crippen LogP contribution in [0.3, 0.4) is 0 Å². The number of para-hydroxylation sites is 1. The van der Waals surface area contributed by atoms with E-state index in [1.807, 2.05) is 12.1 Å². The third-order valence-corrected chi connectivity index (χ3v) is 4.11. The van der Waals surface area contributed by atoms with Crippen LogP contribution in [0.25, 0.3) is 11.0 Å².